The van der Waals surface area contributed by atoms with E-state index in [1.807, 2.05) is 19.1 Å². The molecule has 0 spiro atoms. The summed E-state index contributed by atoms with van der Waals surface area (Å²) in [7, 11) is 3.54. The Balaban J connectivity index is 1.24. The molecule has 2 saturated carbocycles. The number of hydrogen-bond acceptors (Lipinski definition) is 5. The van der Waals surface area contributed by atoms with Gasteiger partial charge >= 0.3 is 5.97 Å². The topological polar surface area (TPSA) is 78.9 Å². The molecule has 36 heavy (non-hydrogen) atoms. The average Bonchev–Trinajstić information content (AvgIpc) is 2.85. The van der Waals surface area contributed by atoms with E-state index in [4.69, 9.17) is 4.74 Å². The Morgan fingerprint density at radius 3 is 2.25 bits per heavy atom. The van der Waals surface area contributed by atoms with Crippen LogP contribution in [0.15, 0.2) is 53.6 Å². The van der Waals surface area contributed by atoms with Crippen LogP contribution in [0.3, 0.4) is 0 Å². The molecule has 0 aromatic heterocycles. The number of rotatable bonds is 6. The summed E-state index contributed by atoms with van der Waals surface area (Å²) in [5.74, 6) is 0.676. The highest BCUT2D eigenvalue weighted by atomic mass is 16.5. The fourth-order valence-electron chi connectivity index (χ4n) is 7.23. The van der Waals surface area contributed by atoms with E-state index in [9.17, 15) is 14.7 Å². The van der Waals surface area contributed by atoms with Gasteiger partial charge in [-0.1, -0.05) is 36.8 Å². The maximum Gasteiger partial charge on any atom is 0.337 e. The summed E-state index contributed by atoms with van der Waals surface area (Å²) in [4.78, 5) is 28.1. The molecule has 5 aliphatic carbocycles. The van der Waals surface area contributed by atoms with E-state index in [-0.39, 0.29) is 23.8 Å². The van der Waals surface area contributed by atoms with Crippen LogP contribution in [0.4, 0.5) is 5.69 Å². The number of likely N-dealkylation sites (tertiary alicyclic amines) is 1. The monoisotopic (exact) mass is 486 g/mol. The van der Waals surface area contributed by atoms with Gasteiger partial charge in [-0.05, 0) is 86.3 Å². The molecule has 2 aromatic carbocycles. The van der Waals surface area contributed by atoms with Crippen LogP contribution in [0.2, 0.25) is 0 Å². The highest BCUT2D eigenvalue weighted by Gasteiger charge is 2.85. The summed E-state index contributed by atoms with van der Waals surface area (Å²) in [6.45, 7) is 6.45. The SMILES string of the molecule is COC(=O)c1cc(NC(=O)C2(C)C3=C4C2C3C4(C)CO)cc(-c2ccc(C3CCN(C)CC3)cc2)c1. The third-order valence-electron chi connectivity index (χ3n) is 9.57. The van der Waals surface area contributed by atoms with Crippen molar-refractivity contribution in [3.8, 4) is 11.1 Å². The minimum Gasteiger partial charge on any atom is -0.465 e. The maximum absolute atomic E-state index is 13.3. The standard InChI is InChI=1S/C30H34N2O4/c1-29(16-33)23-25-24(29)26(23)30(25,2)28(35)31-22-14-20(13-21(15-22)27(34)36-4)18-7-5-17(6-8-18)19-9-11-32(3)12-10-19/h5-8,13-15,19,23,25,33H,9-12,16H2,1-4H3,(H,31,35). The number of esters is 1. The van der Waals surface area contributed by atoms with Crippen molar-refractivity contribution in [2.45, 2.75) is 32.6 Å². The minimum atomic E-state index is -0.508. The fourth-order valence-corrected chi connectivity index (χ4v) is 7.23. The van der Waals surface area contributed by atoms with E-state index in [1.54, 1.807) is 6.07 Å². The van der Waals surface area contributed by atoms with Crippen molar-refractivity contribution in [3.63, 3.8) is 0 Å². The lowest BCUT2D eigenvalue weighted by molar-refractivity contribution is -0.177. The van der Waals surface area contributed by atoms with Gasteiger partial charge in [-0.15, -0.1) is 0 Å². The second-order valence-corrected chi connectivity index (χ2v) is 11.5. The normalized spacial score (nSPS) is 30.7. The van der Waals surface area contributed by atoms with Gasteiger partial charge in [0, 0.05) is 22.9 Å². The van der Waals surface area contributed by atoms with Crippen LogP contribution in [0.5, 0.6) is 0 Å². The Kier molecular flexibility index (Phi) is 5.22. The van der Waals surface area contributed by atoms with Gasteiger partial charge in [0.15, 0.2) is 0 Å². The number of benzene rings is 2. The van der Waals surface area contributed by atoms with Gasteiger partial charge in [0.2, 0.25) is 5.91 Å². The number of carbonyl (C=O) groups excluding carboxylic acids is 2. The van der Waals surface area contributed by atoms with Crippen LogP contribution in [-0.4, -0.2) is 55.7 Å². The molecule has 6 aliphatic rings. The third kappa shape index (κ3) is 3.04. The molecule has 2 N–H and O–H groups in total. The number of piperidine rings is 1. The molecule has 3 fully saturated rings. The summed E-state index contributed by atoms with van der Waals surface area (Å²) >= 11 is 0. The zero-order valence-electron chi connectivity index (χ0n) is 21.4. The molecule has 6 heteroatoms. The van der Waals surface area contributed by atoms with E-state index in [0.29, 0.717) is 23.1 Å². The number of methoxy groups -OCH3 is 1. The first-order chi connectivity index (χ1) is 17.2. The lowest BCUT2D eigenvalue weighted by Gasteiger charge is -2.83. The quantitative estimate of drug-likeness (QED) is 0.466. The number of ether oxygens (including phenoxy) is 1. The van der Waals surface area contributed by atoms with E-state index in [2.05, 4.69) is 48.5 Å². The number of carbonyl (C=O) groups is 2. The highest BCUT2D eigenvalue weighted by molar-refractivity contribution is 6.04. The second kappa shape index (κ2) is 8.02. The molecular weight excluding hydrogens is 452 g/mol. The molecule has 1 aliphatic heterocycles. The largest absolute Gasteiger partial charge is 0.465 e. The highest BCUT2D eigenvalue weighted by Crippen LogP contribution is 2.88. The van der Waals surface area contributed by atoms with Crippen LogP contribution in [0, 0.1) is 22.7 Å². The Morgan fingerprint density at radius 2 is 1.67 bits per heavy atom. The molecule has 1 saturated heterocycles. The molecule has 0 radical (unpaired) electrons. The van der Waals surface area contributed by atoms with Gasteiger partial charge in [-0.25, -0.2) is 4.79 Å². The van der Waals surface area contributed by atoms with Crippen LogP contribution in [0.25, 0.3) is 11.1 Å². The number of aliphatic hydroxyl groups is 1. The van der Waals surface area contributed by atoms with Crippen molar-refractivity contribution in [1.82, 2.24) is 4.90 Å². The number of amides is 1. The van der Waals surface area contributed by atoms with Crippen LogP contribution < -0.4 is 5.32 Å². The van der Waals surface area contributed by atoms with Crippen molar-refractivity contribution < 1.29 is 19.4 Å². The summed E-state index contributed by atoms with van der Waals surface area (Å²) < 4.78 is 4.99. The van der Waals surface area contributed by atoms with Gasteiger partial charge in [0.25, 0.3) is 0 Å². The predicted octanol–water partition coefficient (Wildman–Crippen LogP) is 4.46. The third-order valence-corrected chi connectivity index (χ3v) is 9.57. The van der Waals surface area contributed by atoms with Crippen molar-refractivity contribution in [2.75, 3.05) is 39.2 Å². The molecule has 4 atom stereocenters. The molecule has 1 heterocycles. The first-order valence-corrected chi connectivity index (χ1v) is 12.9. The average molecular weight is 487 g/mol. The molecule has 4 bridgehead atoms. The Hall–Kier alpha value is -2.96. The lowest BCUT2D eigenvalue weighted by atomic mass is 9.19. The Labute approximate surface area is 212 Å². The summed E-state index contributed by atoms with van der Waals surface area (Å²) in [5, 5.41) is 12.8. The number of hydrogen-bond donors (Lipinski definition) is 2. The summed E-state index contributed by atoms with van der Waals surface area (Å²) in [5.41, 5.74) is 6.07. The maximum atomic E-state index is 13.3. The van der Waals surface area contributed by atoms with Crippen molar-refractivity contribution in [2.24, 2.45) is 22.7 Å². The summed E-state index contributed by atoms with van der Waals surface area (Å²) in [6, 6.07) is 14.0. The van der Waals surface area contributed by atoms with Gasteiger partial charge in [0.1, 0.15) is 0 Å². The van der Waals surface area contributed by atoms with E-state index in [1.165, 1.54) is 36.7 Å². The molecule has 2 aromatic rings. The minimum absolute atomic E-state index is 0.0481. The van der Waals surface area contributed by atoms with Gasteiger partial charge in [-0.3, -0.25) is 4.79 Å². The first kappa shape index (κ1) is 23.4. The molecule has 1 amide bonds. The van der Waals surface area contributed by atoms with Gasteiger partial charge < -0.3 is 20.1 Å². The molecule has 188 valence electrons. The van der Waals surface area contributed by atoms with Crippen molar-refractivity contribution >= 4 is 17.6 Å². The van der Waals surface area contributed by atoms with Gasteiger partial charge in [-0.2, -0.15) is 0 Å². The number of aliphatic hydroxyl groups excluding tert-OH is 1. The smallest absolute Gasteiger partial charge is 0.337 e. The van der Waals surface area contributed by atoms with Crippen LogP contribution in [-0.2, 0) is 9.53 Å². The number of nitrogens with one attached hydrogen (secondary N) is 1. The fraction of sp³-hybridized carbons (Fsp3) is 0.467. The van der Waals surface area contributed by atoms with E-state index >= 15 is 0 Å². The molecule has 6 nitrogen and oxygen atoms in total. The van der Waals surface area contributed by atoms with E-state index < -0.39 is 11.4 Å². The number of nitrogens with zero attached hydrogens (tertiary/aromatic N) is 1. The molecular formula is C30H34N2O4. The summed E-state index contributed by atoms with van der Waals surface area (Å²) in [6.07, 6.45) is 2.33. The zero-order valence-corrected chi connectivity index (χ0v) is 21.4. The first-order valence-electron chi connectivity index (χ1n) is 12.9. The van der Waals surface area contributed by atoms with Crippen molar-refractivity contribution in [3.05, 3.63) is 64.7 Å². The number of anilines is 1. The van der Waals surface area contributed by atoms with Crippen LogP contribution in [0.1, 0.15) is 48.5 Å². The molecule has 8 rings (SSSR count). The van der Waals surface area contributed by atoms with E-state index in [0.717, 1.165) is 24.2 Å². The lowest BCUT2D eigenvalue weighted by Crippen LogP contribution is -2.81. The van der Waals surface area contributed by atoms with Crippen molar-refractivity contribution in [1.29, 1.82) is 0 Å². The Morgan fingerprint density at radius 1 is 1.03 bits per heavy atom. The van der Waals surface area contributed by atoms with Gasteiger partial charge in [0.05, 0.1) is 24.7 Å². The predicted molar refractivity (Wildman–Crippen MR) is 139 cm³/mol. The second-order valence-electron chi connectivity index (χ2n) is 11.5. The Bertz CT molecular complexity index is 1290. The molecule has 4 unspecified atom stereocenters. The zero-order chi connectivity index (χ0) is 25.4. The van der Waals surface area contributed by atoms with Crippen LogP contribution >= 0.6 is 0 Å².